The molecule has 0 saturated carbocycles. The molecule has 0 unspecified atom stereocenters. The van der Waals surface area contributed by atoms with Crippen LogP contribution < -0.4 is 10.9 Å². The SMILES string of the molecule is CC(=O)N1CCc2c(sc3nc(SCC(=O)Nc4ccccc4Cl)n(Cc4ccco4)c(=O)c23)C1. The Bertz CT molecular complexity index is 1480. The quantitative estimate of drug-likeness (QED) is 0.294. The van der Waals surface area contributed by atoms with E-state index in [4.69, 9.17) is 21.0 Å². The average molecular weight is 529 g/mol. The number of benzene rings is 1. The third-order valence-electron chi connectivity index (χ3n) is 5.75. The molecular formula is C24H21ClN4O4S2. The van der Waals surface area contributed by atoms with Crippen LogP contribution in [0.25, 0.3) is 10.2 Å². The van der Waals surface area contributed by atoms with Crippen molar-refractivity contribution in [3.05, 3.63) is 74.2 Å². The van der Waals surface area contributed by atoms with Gasteiger partial charge < -0.3 is 14.6 Å². The van der Waals surface area contributed by atoms with Crippen LogP contribution in [-0.2, 0) is 29.1 Å². The Morgan fingerprint density at radius 1 is 1.26 bits per heavy atom. The minimum absolute atomic E-state index is 0.0112. The van der Waals surface area contributed by atoms with Gasteiger partial charge in [-0.25, -0.2) is 4.98 Å². The topological polar surface area (TPSA) is 97.4 Å². The average Bonchev–Trinajstić information content (AvgIpc) is 3.48. The van der Waals surface area contributed by atoms with Crippen molar-refractivity contribution in [1.29, 1.82) is 0 Å². The first kappa shape index (κ1) is 23.7. The van der Waals surface area contributed by atoms with Crippen molar-refractivity contribution in [3.8, 4) is 0 Å². The van der Waals surface area contributed by atoms with E-state index in [-0.39, 0.29) is 29.7 Å². The molecule has 0 fully saturated rings. The predicted octanol–water partition coefficient (Wildman–Crippen LogP) is 4.39. The van der Waals surface area contributed by atoms with Crippen molar-refractivity contribution >= 4 is 62.4 Å². The molecular weight excluding hydrogens is 508 g/mol. The molecule has 0 spiro atoms. The fourth-order valence-electron chi connectivity index (χ4n) is 4.01. The number of hydrogen-bond acceptors (Lipinski definition) is 7. The van der Waals surface area contributed by atoms with Gasteiger partial charge in [0.2, 0.25) is 11.8 Å². The summed E-state index contributed by atoms with van der Waals surface area (Å²) in [6, 6.07) is 10.6. The lowest BCUT2D eigenvalue weighted by Gasteiger charge is -2.25. The second-order valence-electron chi connectivity index (χ2n) is 8.06. The van der Waals surface area contributed by atoms with Crippen molar-refractivity contribution in [2.75, 3.05) is 17.6 Å². The highest BCUT2D eigenvalue weighted by atomic mass is 35.5. The highest BCUT2D eigenvalue weighted by Gasteiger charge is 2.26. The summed E-state index contributed by atoms with van der Waals surface area (Å²) in [5.41, 5.74) is 1.31. The molecule has 1 N–H and O–H groups in total. The molecule has 0 radical (unpaired) electrons. The Labute approximate surface area is 213 Å². The number of carbonyl (C=O) groups is 2. The lowest BCUT2D eigenvalue weighted by Crippen LogP contribution is -2.34. The van der Waals surface area contributed by atoms with Gasteiger partial charge >= 0.3 is 0 Å². The van der Waals surface area contributed by atoms with E-state index in [0.717, 1.165) is 10.4 Å². The van der Waals surface area contributed by atoms with Crippen molar-refractivity contribution < 1.29 is 14.0 Å². The molecule has 5 rings (SSSR count). The minimum atomic E-state index is -0.260. The Morgan fingerprint density at radius 3 is 2.83 bits per heavy atom. The van der Waals surface area contributed by atoms with Crippen LogP contribution >= 0.6 is 34.7 Å². The molecule has 11 heteroatoms. The number of anilines is 1. The summed E-state index contributed by atoms with van der Waals surface area (Å²) in [6.07, 6.45) is 2.16. The maximum Gasteiger partial charge on any atom is 0.263 e. The summed E-state index contributed by atoms with van der Waals surface area (Å²) in [5.74, 6) is 0.411. The van der Waals surface area contributed by atoms with E-state index in [1.165, 1.54) is 23.1 Å². The van der Waals surface area contributed by atoms with E-state index in [9.17, 15) is 14.4 Å². The van der Waals surface area contributed by atoms with E-state index in [1.54, 1.807) is 59.1 Å². The van der Waals surface area contributed by atoms with Gasteiger partial charge in [-0.1, -0.05) is 35.5 Å². The largest absolute Gasteiger partial charge is 0.467 e. The van der Waals surface area contributed by atoms with Crippen molar-refractivity contribution in [1.82, 2.24) is 14.5 Å². The summed E-state index contributed by atoms with van der Waals surface area (Å²) in [7, 11) is 0. The summed E-state index contributed by atoms with van der Waals surface area (Å²) in [4.78, 5) is 46.3. The van der Waals surface area contributed by atoms with Crippen LogP contribution in [0.15, 0.2) is 57.0 Å². The maximum absolute atomic E-state index is 13.7. The van der Waals surface area contributed by atoms with E-state index in [2.05, 4.69) is 5.32 Å². The Kier molecular flexibility index (Phi) is 6.68. The molecule has 8 nitrogen and oxygen atoms in total. The maximum atomic E-state index is 13.7. The molecule has 2 amide bonds. The first-order valence-electron chi connectivity index (χ1n) is 10.9. The summed E-state index contributed by atoms with van der Waals surface area (Å²) < 4.78 is 7.03. The zero-order chi connectivity index (χ0) is 24.5. The molecule has 1 aliphatic heterocycles. The lowest BCUT2D eigenvalue weighted by atomic mass is 10.1. The van der Waals surface area contributed by atoms with Crippen LogP contribution in [0.2, 0.25) is 5.02 Å². The lowest BCUT2D eigenvalue weighted by molar-refractivity contribution is -0.129. The number of rotatable bonds is 6. The number of para-hydroxylation sites is 1. The standard InChI is InChI=1S/C24H21ClN4O4S2/c1-14(30)28-9-8-16-19(12-28)35-22-21(16)23(32)29(11-15-5-4-10-33-15)24(27-22)34-13-20(31)26-18-7-3-2-6-17(18)25/h2-7,10H,8-9,11-13H2,1H3,(H,26,31). The zero-order valence-corrected chi connectivity index (χ0v) is 21.1. The van der Waals surface area contributed by atoms with Crippen LogP contribution in [0.1, 0.15) is 23.1 Å². The van der Waals surface area contributed by atoms with Crippen molar-refractivity contribution in [2.24, 2.45) is 0 Å². The zero-order valence-electron chi connectivity index (χ0n) is 18.7. The van der Waals surface area contributed by atoms with Crippen molar-refractivity contribution in [3.63, 3.8) is 0 Å². The molecule has 0 atom stereocenters. The number of amides is 2. The second kappa shape index (κ2) is 9.88. The molecule has 1 aliphatic rings. The predicted molar refractivity (Wildman–Crippen MR) is 137 cm³/mol. The highest BCUT2D eigenvalue weighted by Crippen LogP contribution is 2.34. The third kappa shape index (κ3) is 4.86. The molecule has 35 heavy (non-hydrogen) atoms. The minimum Gasteiger partial charge on any atom is -0.467 e. The summed E-state index contributed by atoms with van der Waals surface area (Å²) >= 11 is 8.75. The first-order chi connectivity index (χ1) is 16.9. The summed E-state index contributed by atoms with van der Waals surface area (Å²) in [5, 5.41) is 4.25. The van der Waals surface area contributed by atoms with Gasteiger partial charge in [0.25, 0.3) is 5.56 Å². The number of carbonyl (C=O) groups excluding carboxylic acids is 2. The van der Waals surface area contributed by atoms with E-state index >= 15 is 0 Å². The Hall–Kier alpha value is -3.08. The van der Waals surface area contributed by atoms with Crippen LogP contribution in [0, 0.1) is 0 Å². The van der Waals surface area contributed by atoms with Gasteiger partial charge in [-0.05, 0) is 36.2 Å². The molecule has 1 aromatic carbocycles. The number of furan rings is 1. The van der Waals surface area contributed by atoms with Crippen LogP contribution in [0.3, 0.4) is 0 Å². The molecule has 0 aliphatic carbocycles. The number of halogens is 1. The number of aromatic nitrogens is 2. The fourth-order valence-corrected chi connectivity index (χ4v) is 6.27. The number of nitrogens with one attached hydrogen (secondary N) is 1. The fraction of sp³-hybridized carbons (Fsp3) is 0.250. The van der Waals surface area contributed by atoms with E-state index < -0.39 is 0 Å². The molecule has 180 valence electrons. The number of thiophene rings is 1. The molecule has 0 saturated heterocycles. The molecule has 0 bridgehead atoms. The Morgan fingerprint density at radius 2 is 2.09 bits per heavy atom. The van der Waals surface area contributed by atoms with Crippen molar-refractivity contribution in [2.45, 2.75) is 31.6 Å². The number of nitrogens with zero attached hydrogens (tertiary/aromatic N) is 3. The van der Waals surface area contributed by atoms with Crippen LogP contribution in [0.5, 0.6) is 0 Å². The first-order valence-corrected chi connectivity index (χ1v) is 13.1. The van der Waals surface area contributed by atoms with Gasteiger partial charge in [0.05, 0.1) is 41.2 Å². The van der Waals surface area contributed by atoms with Gasteiger partial charge in [-0.3, -0.25) is 19.0 Å². The van der Waals surface area contributed by atoms with Gasteiger partial charge in [0.15, 0.2) is 5.16 Å². The Balaban J connectivity index is 1.48. The monoisotopic (exact) mass is 528 g/mol. The van der Waals surface area contributed by atoms with Gasteiger partial charge in [-0.15, -0.1) is 11.3 Å². The second-order valence-corrected chi connectivity index (χ2v) is 10.5. The normalized spacial score (nSPS) is 13.1. The number of thioether (sulfide) groups is 1. The molecule has 4 heterocycles. The van der Waals surface area contributed by atoms with Gasteiger partial charge in [0.1, 0.15) is 10.6 Å². The van der Waals surface area contributed by atoms with E-state index in [1.807, 2.05) is 0 Å². The highest BCUT2D eigenvalue weighted by molar-refractivity contribution is 7.99. The van der Waals surface area contributed by atoms with Gasteiger partial charge in [0, 0.05) is 18.3 Å². The van der Waals surface area contributed by atoms with Crippen LogP contribution in [-0.4, -0.2) is 38.6 Å². The third-order valence-corrected chi connectivity index (χ3v) is 8.16. The summed E-state index contributed by atoms with van der Waals surface area (Å²) in [6.45, 7) is 2.80. The van der Waals surface area contributed by atoms with Gasteiger partial charge in [-0.2, -0.15) is 0 Å². The molecule has 4 aromatic rings. The van der Waals surface area contributed by atoms with E-state index in [0.29, 0.717) is 51.4 Å². The smallest absolute Gasteiger partial charge is 0.263 e. The number of fused-ring (bicyclic) bond motifs is 3. The number of hydrogen-bond donors (Lipinski definition) is 1. The molecule has 3 aromatic heterocycles. The van der Waals surface area contributed by atoms with Crippen LogP contribution in [0.4, 0.5) is 5.69 Å².